The second-order valence-electron chi connectivity index (χ2n) is 5.91. The first-order chi connectivity index (χ1) is 10.1. The molecule has 2 aliphatic rings. The molecular formula is C16H20N2O3. The lowest BCUT2D eigenvalue weighted by Crippen LogP contribution is -2.48. The highest BCUT2D eigenvalue weighted by Gasteiger charge is 2.30. The molecule has 2 N–H and O–H groups in total. The smallest absolute Gasteiger partial charge is 0.317 e. The summed E-state index contributed by atoms with van der Waals surface area (Å²) in [4.78, 5) is 24.8. The lowest BCUT2D eigenvalue weighted by Gasteiger charge is -2.33. The second kappa shape index (κ2) is 5.76. The fourth-order valence-corrected chi connectivity index (χ4v) is 3.23. The van der Waals surface area contributed by atoms with Gasteiger partial charge in [0.2, 0.25) is 0 Å². The van der Waals surface area contributed by atoms with Crippen LogP contribution in [0.4, 0.5) is 4.79 Å². The van der Waals surface area contributed by atoms with Gasteiger partial charge < -0.3 is 15.3 Å². The van der Waals surface area contributed by atoms with E-state index in [-0.39, 0.29) is 6.03 Å². The second-order valence-corrected chi connectivity index (χ2v) is 5.91. The van der Waals surface area contributed by atoms with E-state index in [0.717, 1.165) is 12.8 Å². The standard InChI is InChI=1S/C16H20N2O3/c19-15(20)12-5-3-7-18(10-12)16(21)17-9-13-8-11-4-1-2-6-14(11)13/h1-2,4,6,12-13H,3,5,7-10H2,(H,17,21)(H,19,20)/t12-,13?/m1/s1. The van der Waals surface area contributed by atoms with Crippen molar-refractivity contribution in [2.75, 3.05) is 19.6 Å². The number of carbonyl (C=O) groups excluding carboxylic acids is 1. The Morgan fingerprint density at radius 1 is 1.33 bits per heavy atom. The zero-order valence-corrected chi connectivity index (χ0v) is 11.9. The minimum absolute atomic E-state index is 0.134. The molecule has 5 nitrogen and oxygen atoms in total. The maximum Gasteiger partial charge on any atom is 0.317 e. The topological polar surface area (TPSA) is 69.6 Å². The van der Waals surface area contributed by atoms with Crippen LogP contribution in [0.5, 0.6) is 0 Å². The molecule has 1 aliphatic carbocycles. The number of carboxylic acid groups (broad SMARTS) is 1. The third kappa shape index (κ3) is 2.86. The quantitative estimate of drug-likeness (QED) is 0.891. The van der Waals surface area contributed by atoms with Gasteiger partial charge in [0, 0.05) is 25.6 Å². The van der Waals surface area contributed by atoms with Crippen LogP contribution in [0.15, 0.2) is 24.3 Å². The molecule has 112 valence electrons. The Balaban J connectivity index is 1.50. The van der Waals surface area contributed by atoms with Crippen molar-refractivity contribution in [1.29, 1.82) is 0 Å². The maximum atomic E-state index is 12.1. The molecule has 1 aliphatic heterocycles. The monoisotopic (exact) mass is 288 g/mol. The van der Waals surface area contributed by atoms with Gasteiger partial charge in [-0.3, -0.25) is 4.79 Å². The predicted octanol–water partition coefficient (Wildman–Crippen LogP) is 1.83. The molecule has 1 unspecified atom stereocenters. The van der Waals surface area contributed by atoms with Crippen molar-refractivity contribution in [3.63, 3.8) is 0 Å². The van der Waals surface area contributed by atoms with Crippen LogP contribution in [0.25, 0.3) is 0 Å². The van der Waals surface area contributed by atoms with Crippen LogP contribution >= 0.6 is 0 Å². The molecule has 1 fully saturated rings. The SMILES string of the molecule is O=C(O)[C@@H]1CCCN(C(=O)NCC2Cc3ccccc32)C1. The number of aliphatic carboxylic acids is 1. The van der Waals surface area contributed by atoms with Crippen LogP contribution in [0, 0.1) is 5.92 Å². The Labute approximate surface area is 123 Å². The average molecular weight is 288 g/mol. The first kappa shape index (κ1) is 13.9. The van der Waals surface area contributed by atoms with Gasteiger partial charge in [0.15, 0.2) is 0 Å². The van der Waals surface area contributed by atoms with E-state index in [1.807, 2.05) is 12.1 Å². The zero-order chi connectivity index (χ0) is 14.8. The predicted molar refractivity (Wildman–Crippen MR) is 78.2 cm³/mol. The van der Waals surface area contributed by atoms with E-state index >= 15 is 0 Å². The number of benzene rings is 1. The molecule has 2 atom stereocenters. The van der Waals surface area contributed by atoms with Gasteiger partial charge >= 0.3 is 12.0 Å². The highest BCUT2D eigenvalue weighted by molar-refractivity contribution is 5.76. The number of urea groups is 1. The number of piperidine rings is 1. The van der Waals surface area contributed by atoms with Crippen molar-refractivity contribution in [3.8, 4) is 0 Å². The molecule has 5 heteroatoms. The molecule has 21 heavy (non-hydrogen) atoms. The molecule has 1 saturated heterocycles. The summed E-state index contributed by atoms with van der Waals surface area (Å²) in [6.45, 7) is 1.60. The summed E-state index contributed by atoms with van der Waals surface area (Å²) in [5.41, 5.74) is 2.68. The Bertz CT molecular complexity index is 558. The number of hydrogen-bond donors (Lipinski definition) is 2. The van der Waals surface area contributed by atoms with Crippen molar-refractivity contribution >= 4 is 12.0 Å². The summed E-state index contributed by atoms with van der Waals surface area (Å²) in [5.74, 6) is -0.834. The van der Waals surface area contributed by atoms with Crippen LogP contribution in [-0.2, 0) is 11.2 Å². The van der Waals surface area contributed by atoms with E-state index in [2.05, 4.69) is 17.4 Å². The summed E-state index contributed by atoms with van der Waals surface area (Å²) in [6, 6.07) is 8.15. The molecule has 0 radical (unpaired) electrons. The molecule has 2 amide bonds. The lowest BCUT2D eigenvalue weighted by atomic mass is 9.78. The highest BCUT2D eigenvalue weighted by Crippen LogP contribution is 2.34. The molecule has 1 aromatic carbocycles. The third-order valence-corrected chi connectivity index (χ3v) is 4.52. The van der Waals surface area contributed by atoms with Gasteiger partial charge in [-0.05, 0) is 30.4 Å². The number of nitrogens with one attached hydrogen (secondary N) is 1. The average Bonchev–Trinajstić information content (AvgIpc) is 2.48. The van der Waals surface area contributed by atoms with E-state index in [0.29, 0.717) is 32.0 Å². The van der Waals surface area contributed by atoms with Gasteiger partial charge in [0.1, 0.15) is 0 Å². The molecule has 0 saturated carbocycles. The largest absolute Gasteiger partial charge is 0.481 e. The van der Waals surface area contributed by atoms with E-state index < -0.39 is 11.9 Å². The molecule has 1 aromatic rings. The van der Waals surface area contributed by atoms with Crippen molar-refractivity contribution < 1.29 is 14.7 Å². The third-order valence-electron chi connectivity index (χ3n) is 4.52. The van der Waals surface area contributed by atoms with Gasteiger partial charge in [-0.25, -0.2) is 4.79 Å². The van der Waals surface area contributed by atoms with Crippen molar-refractivity contribution in [3.05, 3.63) is 35.4 Å². The molecule has 3 rings (SSSR count). The lowest BCUT2D eigenvalue weighted by molar-refractivity contribution is -0.143. The van der Waals surface area contributed by atoms with Crippen molar-refractivity contribution in [2.45, 2.75) is 25.2 Å². The van der Waals surface area contributed by atoms with Gasteiger partial charge in [-0.15, -0.1) is 0 Å². The van der Waals surface area contributed by atoms with Crippen LogP contribution in [0.1, 0.15) is 29.9 Å². The Hall–Kier alpha value is -2.04. The number of carbonyl (C=O) groups is 2. The van der Waals surface area contributed by atoms with Crippen molar-refractivity contribution in [2.24, 2.45) is 5.92 Å². The maximum absolute atomic E-state index is 12.1. The fourth-order valence-electron chi connectivity index (χ4n) is 3.23. The molecule has 0 aromatic heterocycles. The normalized spacial score (nSPS) is 23.9. The Morgan fingerprint density at radius 2 is 2.14 bits per heavy atom. The number of nitrogens with zero attached hydrogens (tertiary/aromatic N) is 1. The van der Waals surface area contributed by atoms with Crippen LogP contribution < -0.4 is 5.32 Å². The van der Waals surface area contributed by atoms with Crippen LogP contribution in [0.2, 0.25) is 0 Å². The molecular weight excluding hydrogens is 268 g/mol. The number of carboxylic acids is 1. The van der Waals surface area contributed by atoms with Crippen LogP contribution in [0.3, 0.4) is 0 Å². The fraction of sp³-hybridized carbons (Fsp3) is 0.500. The molecule has 1 heterocycles. The van der Waals surface area contributed by atoms with E-state index in [9.17, 15) is 9.59 Å². The number of amides is 2. The van der Waals surface area contributed by atoms with Crippen molar-refractivity contribution in [1.82, 2.24) is 10.2 Å². The molecule has 0 bridgehead atoms. The van der Waals surface area contributed by atoms with Gasteiger partial charge in [0.05, 0.1) is 5.92 Å². The summed E-state index contributed by atoms with van der Waals surface area (Å²) in [6.07, 6.45) is 2.43. The minimum atomic E-state index is -0.805. The van der Waals surface area contributed by atoms with E-state index in [1.165, 1.54) is 11.1 Å². The van der Waals surface area contributed by atoms with Gasteiger partial charge in [-0.1, -0.05) is 24.3 Å². The van der Waals surface area contributed by atoms with E-state index in [1.54, 1.807) is 4.90 Å². The Kier molecular flexibility index (Phi) is 3.82. The van der Waals surface area contributed by atoms with Crippen LogP contribution in [-0.4, -0.2) is 41.6 Å². The minimum Gasteiger partial charge on any atom is -0.481 e. The number of hydrogen-bond acceptors (Lipinski definition) is 2. The van der Waals surface area contributed by atoms with Gasteiger partial charge in [-0.2, -0.15) is 0 Å². The molecule has 0 spiro atoms. The summed E-state index contributed by atoms with van der Waals surface area (Å²) >= 11 is 0. The van der Waals surface area contributed by atoms with Gasteiger partial charge in [0.25, 0.3) is 0 Å². The first-order valence-electron chi connectivity index (χ1n) is 7.48. The number of rotatable bonds is 3. The number of likely N-dealkylation sites (tertiary alicyclic amines) is 1. The first-order valence-corrected chi connectivity index (χ1v) is 7.48. The highest BCUT2D eigenvalue weighted by atomic mass is 16.4. The number of fused-ring (bicyclic) bond motifs is 1. The Morgan fingerprint density at radius 3 is 2.90 bits per heavy atom. The summed E-state index contributed by atoms with van der Waals surface area (Å²) < 4.78 is 0. The summed E-state index contributed by atoms with van der Waals surface area (Å²) in [5, 5.41) is 12.0. The zero-order valence-electron chi connectivity index (χ0n) is 11.9. The summed E-state index contributed by atoms with van der Waals surface area (Å²) in [7, 11) is 0. The van der Waals surface area contributed by atoms with E-state index in [4.69, 9.17) is 5.11 Å².